The average molecular weight is 879 g/mol. The fourth-order valence-corrected chi connectivity index (χ4v) is 11.2. The second-order valence-electron chi connectivity index (χ2n) is 15.7. The van der Waals surface area contributed by atoms with Crippen LogP contribution < -0.4 is 19.3 Å². The van der Waals surface area contributed by atoms with Gasteiger partial charge in [0.2, 0.25) is 0 Å². The van der Waals surface area contributed by atoms with E-state index in [1.54, 1.807) is 22.7 Å². The summed E-state index contributed by atoms with van der Waals surface area (Å²) in [5.74, 6) is -0.0667. The van der Waals surface area contributed by atoms with Gasteiger partial charge in [0.25, 0.3) is 0 Å². The summed E-state index contributed by atoms with van der Waals surface area (Å²) in [5, 5.41) is 11.2. The van der Waals surface area contributed by atoms with Crippen molar-refractivity contribution in [2.24, 2.45) is 0 Å². The van der Waals surface area contributed by atoms with Crippen molar-refractivity contribution >= 4 is 131 Å². The lowest BCUT2D eigenvalue weighted by molar-refractivity contribution is -0.129. The maximum absolute atomic E-state index is 12.9. The minimum Gasteiger partial charge on any atom is -0.422 e. The quantitative estimate of drug-likeness (QED) is 0.0590. The number of hydrogen-bond donors (Lipinski definition) is 0. The lowest BCUT2D eigenvalue weighted by Gasteiger charge is -2.31. The molecular formula is C57H38N2O4S2. The van der Waals surface area contributed by atoms with Gasteiger partial charge in [-0.2, -0.15) is 0 Å². The van der Waals surface area contributed by atoms with Crippen molar-refractivity contribution in [3.05, 3.63) is 207 Å². The van der Waals surface area contributed by atoms with E-state index in [1.165, 1.54) is 12.2 Å². The molecule has 11 rings (SSSR count). The van der Waals surface area contributed by atoms with Gasteiger partial charge in [0, 0.05) is 76.0 Å². The molecule has 0 saturated heterocycles. The number of fused-ring (bicyclic) bond motifs is 6. The molecule has 9 aromatic carbocycles. The van der Waals surface area contributed by atoms with Crippen LogP contribution in [0.5, 0.6) is 11.5 Å². The van der Waals surface area contributed by atoms with Crippen LogP contribution in [0.25, 0.3) is 63.3 Å². The Kier molecular flexibility index (Phi) is 9.95. The maximum atomic E-state index is 12.9. The molecule has 0 amide bonds. The molecular weight excluding hydrogens is 841 g/mol. The molecule has 2 aromatic heterocycles. The Labute approximate surface area is 382 Å². The fraction of sp³-hybridized carbons (Fsp3) is 0.0175. The van der Waals surface area contributed by atoms with Crippen LogP contribution >= 0.6 is 22.7 Å². The number of thiophene rings is 2. The Balaban J connectivity index is 1.24. The predicted octanol–water partition coefficient (Wildman–Crippen LogP) is 16.2. The highest BCUT2D eigenvalue weighted by Crippen LogP contribution is 2.54. The lowest BCUT2D eigenvalue weighted by Crippen LogP contribution is -2.14. The van der Waals surface area contributed by atoms with Crippen LogP contribution in [0.1, 0.15) is 5.56 Å². The van der Waals surface area contributed by atoms with E-state index in [-0.39, 0.29) is 0 Å². The topological polar surface area (TPSA) is 59.1 Å². The van der Waals surface area contributed by atoms with Crippen molar-refractivity contribution in [1.29, 1.82) is 0 Å². The van der Waals surface area contributed by atoms with E-state index in [2.05, 4.69) is 133 Å². The van der Waals surface area contributed by atoms with Gasteiger partial charge in [-0.3, -0.25) is 0 Å². The van der Waals surface area contributed by atoms with Gasteiger partial charge in [-0.05, 0) is 65.7 Å². The number of aryl methyl sites for hydroxylation is 1. The van der Waals surface area contributed by atoms with E-state index in [0.717, 1.165) is 102 Å². The number of rotatable bonds is 10. The largest absolute Gasteiger partial charge is 0.422 e. The second kappa shape index (κ2) is 16.3. The zero-order valence-electron chi connectivity index (χ0n) is 35.2. The maximum Gasteiger partial charge on any atom is 0.335 e. The molecule has 0 bridgehead atoms. The normalized spacial score (nSPS) is 11.4. The Morgan fingerprint density at radius 1 is 0.446 bits per heavy atom. The van der Waals surface area contributed by atoms with E-state index < -0.39 is 11.9 Å². The third-order valence-electron chi connectivity index (χ3n) is 11.7. The molecule has 0 atom stereocenters. The van der Waals surface area contributed by atoms with Gasteiger partial charge in [-0.15, -0.1) is 22.7 Å². The van der Waals surface area contributed by atoms with Gasteiger partial charge in [-0.1, -0.05) is 147 Å². The Morgan fingerprint density at radius 2 is 0.769 bits per heavy atom. The first kappa shape index (κ1) is 39.8. The van der Waals surface area contributed by atoms with Crippen molar-refractivity contribution in [2.75, 3.05) is 9.80 Å². The highest BCUT2D eigenvalue weighted by atomic mass is 32.1. The molecule has 0 spiro atoms. The molecule has 11 aromatic rings. The first-order chi connectivity index (χ1) is 31.9. The summed E-state index contributed by atoms with van der Waals surface area (Å²) in [6, 6.07) is 60.6. The fourth-order valence-electron chi connectivity index (χ4n) is 9.01. The highest BCUT2D eigenvalue weighted by molar-refractivity contribution is 7.23. The SMILES string of the molecule is C=CC(=O)Oc1c2ccccc2c(N(c2cc(C)cc(N(c3cc4ccccc4s3)c3c4ccccc4c(OC(=O)C=C)c4ccccc34)c2)c2cc3ccccc3s2)c2ccccc12. The molecule has 0 aliphatic carbocycles. The molecule has 0 unspecified atom stereocenters. The lowest BCUT2D eigenvalue weighted by atomic mass is 9.97. The number of carbonyl (C=O) groups excluding carboxylic acids is 2. The number of benzene rings is 9. The smallest absolute Gasteiger partial charge is 0.335 e. The summed E-state index contributed by atoms with van der Waals surface area (Å²) >= 11 is 3.45. The van der Waals surface area contributed by atoms with E-state index in [0.29, 0.717) is 11.5 Å². The first-order valence-corrected chi connectivity index (χ1v) is 22.8. The summed E-state index contributed by atoms with van der Waals surface area (Å²) in [4.78, 5) is 30.6. The van der Waals surface area contributed by atoms with E-state index >= 15 is 0 Å². The Bertz CT molecular complexity index is 3330. The van der Waals surface area contributed by atoms with Crippen molar-refractivity contribution < 1.29 is 19.1 Å². The van der Waals surface area contributed by atoms with Crippen LogP contribution in [0.3, 0.4) is 0 Å². The van der Waals surface area contributed by atoms with Gasteiger partial charge >= 0.3 is 11.9 Å². The summed E-state index contributed by atoms with van der Waals surface area (Å²) in [7, 11) is 0. The number of ether oxygens (including phenoxy) is 2. The Morgan fingerprint density at radius 3 is 1.11 bits per heavy atom. The van der Waals surface area contributed by atoms with Gasteiger partial charge in [0.05, 0.1) is 11.4 Å². The van der Waals surface area contributed by atoms with E-state index in [4.69, 9.17) is 9.47 Å². The van der Waals surface area contributed by atoms with Gasteiger partial charge in [0.1, 0.15) is 21.5 Å². The summed E-state index contributed by atoms with van der Waals surface area (Å²) in [6.45, 7) is 9.53. The third kappa shape index (κ3) is 6.87. The summed E-state index contributed by atoms with van der Waals surface area (Å²) < 4.78 is 14.5. The molecule has 2 heterocycles. The zero-order valence-corrected chi connectivity index (χ0v) is 36.8. The van der Waals surface area contributed by atoms with E-state index in [1.807, 2.05) is 72.8 Å². The van der Waals surface area contributed by atoms with Gasteiger partial charge < -0.3 is 19.3 Å². The highest BCUT2D eigenvalue weighted by Gasteiger charge is 2.28. The molecule has 0 fully saturated rings. The van der Waals surface area contributed by atoms with Crippen LogP contribution in [0, 0.1) is 6.92 Å². The minimum atomic E-state index is -0.522. The summed E-state index contributed by atoms with van der Waals surface area (Å²) in [5.41, 5.74) is 4.83. The van der Waals surface area contributed by atoms with Crippen LogP contribution in [-0.2, 0) is 9.59 Å². The molecule has 312 valence electrons. The van der Waals surface area contributed by atoms with Gasteiger partial charge in [-0.25, -0.2) is 9.59 Å². The molecule has 0 aliphatic heterocycles. The van der Waals surface area contributed by atoms with Crippen LogP contribution in [-0.4, -0.2) is 11.9 Å². The third-order valence-corrected chi connectivity index (χ3v) is 13.9. The number of carbonyl (C=O) groups is 2. The predicted molar refractivity (Wildman–Crippen MR) is 273 cm³/mol. The number of hydrogen-bond acceptors (Lipinski definition) is 8. The van der Waals surface area contributed by atoms with E-state index in [9.17, 15) is 9.59 Å². The number of esters is 2. The van der Waals surface area contributed by atoms with Crippen molar-refractivity contribution in [1.82, 2.24) is 0 Å². The average Bonchev–Trinajstić information content (AvgIpc) is 3.97. The van der Waals surface area contributed by atoms with Crippen molar-refractivity contribution in [2.45, 2.75) is 6.92 Å². The van der Waals surface area contributed by atoms with Crippen LogP contribution in [0.2, 0.25) is 0 Å². The summed E-state index contributed by atoms with van der Waals surface area (Å²) in [6.07, 6.45) is 2.40. The first-order valence-electron chi connectivity index (χ1n) is 21.1. The molecule has 6 nitrogen and oxygen atoms in total. The minimum absolute atomic E-state index is 0.489. The second-order valence-corrected chi connectivity index (χ2v) is 17.9. The Hall–Kier alpha value is -8.04. The molecule has 8 heteroatoms. The monoisotopic (exact) mass is 878 g/mol. The molecule has 0 aliphatic rings. The number of nitrogens with zero attached hydrogens (tertiary/aromatic N) is 2. The standard InChI is InChI=1S/C57H38N2O4S2/c1-4-52(60)62-56-44-24-12-8-20-40(44)54(41-21-9-13-25-45(41)56)58(50-32-36-18-6-16-28-48(36)64-50)38-30-35(3)31-39(34-38)59(51-33-37-19-7-17-29-49(37)65-51)55-42-22-10-14-26-46(42)57(63-53(61)5-2)47-27-15-11-23-43(47)55/h4-34H,1-2H2,3H3. The molecule has 0 saturated carbocycles. The molecule has 0 radical (unpaired) electrons. The van der Waals surface area contributed by atoms with Gasteiger partial charge in [0.15, 0.2) is 0 Å². The molecule has 65 heavy (non-hydrogen) atoms. The van der Waals surface area contributed by atoms with Crippen LogP contribution in [0.15, 0.2) is 201 Å². The van der Waals surface area contributed by atoms with Crippen molar-refractivity contribution in [3.8, 4) is 11.5 Å². The number of anilines is 6. The van der Waals surface area contributed by atoms with Crippen LogP contribution in [0.4, 0.5) is 32.8 Å². The van der Waals surface area contributed by atoms with Crippen molar-refractivity contribution in [3.63, 3.8) is 0 Å². The molecule has 0 N–H and O–H groups in total. The zero-order chi connectivity index (χ0) is 44.2.